The van der Waals surface area contributed by atoms with Crippen LogP contribution >= 0.6 is 12.2 Å². The van der Waals surface area contributed by atoms with E-state index in [1.54, 1.807) is 7.11 Å². The lowest BCUT2D eigenvalue weighted by Gasteiger charge is -2.43. The number of thiocarbonyl (C=S) groups is 1. The molecule has 0 amide bonds. The highest BCUT2D eigenvalue weighted by Crippen LogP contribution is 2.32. The number of methoxy groups -OCH3 is 1. The molecule has 3 nitrogen and oxygen atoms in total. The molecule has 0 aliphatic heterocycles. The number of hydrogen-bond acceptors (Lipinski definition) is 2. The summed E-state index contributed by atoms with van der Waals surface area (Å²) >= 11 is 5.89. The van der Waals surface area contributed by atoms with Crippen LogP contribution in [0, 0.1) is 0 Å². The van der Waals surface area contributed by atoms with Crippen LogP contribution in [0.25, 0.3) is 0 Å². The Hall–Kier alpha value is -1.29. The van der Waals surface area contributed by atoms with E-state index in [1.165, 1.54) is 64.2 Å². The van der Waals surface area contributed by atoms with Crippen molar-refractivity contribution in [2.24, 2.45) is 0 Å². The van der Waals surface area contributed by atoms with Crippen LogP contribution in [0.5, 0.6) is 5.75 Å². The molecule has 132 valence electrons. The van der Waals surface area contributed by atoms with Crippen molar-refractivity contribution < 1.29 is 4.74 Å². The Morgan fingerprint density at radius 3 is 2.04 bits per heavy atom. The smallest absolute Gasteiger partial charge is 0.174 e. The third kappa shape index (κ3) is 4.21. The Balaban J connectivity index is 1.76. The number of rotatable bonds is 4. The van der Waals surface area contributed by atoms with Gasteiger partial charge in [0.25, 0.3) is 0 Å². The maximum Gasteiger partial charge on any atom is 0.174 e. The lowest BCUT2D eigenvalue weighted by molar-refractivity contribution is 0.160. The monoisotopic (exact) mass is 346 g/mol. The minimum absolute atomic E-state index is 0.608. The zero-order valence-corrected chi connectivity index (χ0v) is 15.6. The molecule has 2 saturated carbocycles. The molecular weight excluding hydrogens is 316 g/mol. The van der Waals surface area contributed by atoms with Crippen molar-refractivity contribution in [2.75, 3.05) is 12.4 Å². The van der Waals surface area contributed by atoms with Gasteiger partial charge in [-0.25, -0.2) is 0 Å². The van der Waals surface area contributed by atoms with Crippen LogP contribution in [0.1, 0.15) is 64.2 Å². The summed E-state index contributed by atoms with van der Waals surface area (Å²) in [4.78, 5) is 2.56. The zero-order valence-electron chi connectivity index (χ0n) is 14.8. The third-order valence-electron chi connectivity index (χ3n) is 5.52. The summed E-state index contributed by atoms with van der Waals surface area (Å²) in [7, 11) is 1.71. The van der Waals surface area contributed by atoms with E-state index in [-0.39, 0.29) is 0 Å². The standard InChI is InChI=1S/C20H30N2OS/c1-23-19-15-9-8-14-18(19)21-20(24)22(16-10-4-2-5-11-16)17-12-6-3-7-13-17/h8-9,14-17H,2-7,10-13H2,1H3,(H,21,24). The first-order valence-corrected chi connectivity index (χ1v) is 9.93. The fraction of sp³-hybridized carbons (Fsp3) is 0.650. The summed E-state index contributed by atoms with van der Waals surface area (Å²) in [6.07, 6.45) is 13.2. The quantitative estimate of drug-likeness (QED) is 0.742. The highest BCUT2D eigenvalue weighted by Gasteiger charge is 2.30. The van der Waals surface area contributed by atoms with Gasteiger partial charge in [0.1, 0.15) is 5.75 Å². The first-order valence-electron chi connectivity index (χ1n) is 9.52. The van der Waals surface area contributed by atoms with E-state index in [0.29, 0.717) is 12.1 Å². The van der Waals surface area contributed by atoms with Gasteiger partial charge >= 0.3 is 0 Å². The largest absolute Gasteiger partial charge is 0.495 e. The molecule has 0 aromatic heterocycles. The van der Waals surface area contributed by atoms with Crippen LogP contribution in [0.3, 0.4) is 0 Å². The molecule has 1 aromatic rings. The highest BCUT2D eigenvalue weighted by molar-refractivity contribution is 7.80. The fourth-order valence-corrected chi connectivity index (χ4v) is 4.68. The van der Waals surface area contributed by atoms with Gasteiger partial charge in [-0.2, -0.15) is 0 Å². The first-order chi connectivity index (χ1) is 11.8. The van der Waals surface area contributed by atoms with Crippen LogP contribution in [0.2, 0.25) is 0 Å². The summed E-state index contributed by atoms with van der Waals surface area (Å²) in [6, 6.07) is 9.27. The van der Waals surface area contributed by atoms with Gasteiger partial charge in [0.15, 0.2) is 5.11 Å². The van der Waals surface area contributed by atoms with Crippen molar-refractivity contribution in [3.8, 4) is 5.75 Å². The van der Waals surface area contributed by atoms with E-state index in [4.69, 9.17) is 17.0 Å². The number of anilines is 1. The molecule has 4 heteroatoms. The first kappa shape index (κ1) is 17.5. The number of hydrogen-bond donors (Lipinski definition) is 1. The highest BCUT2D eigenvalue weighted by atomic mass is 32.1. The summed E-state index contributed by atoms with van der Waals surface area (Å²) in [6.45, 7) is 0. The van der Waals surface area contributed by atoms with E-state index < -0.39 is 0 Å². The van der Waals surface area contributed by atoms with Crippen molar-refractivity contribution >= 4 is 23.0 Å². The minimum atomic E-state index is 0.608. The molecule has 1 N–H and O–H groups in total. The molecule has 0 radical (unpaired) electrons. The topological polar surface area (TPSA) is 24.5 Å². The molecule has 0 saturated heterocycles. The Labute approximate surface area is 151 Å². The van der Waals surface area contributed by atoms with Crippen molar-refractivity contribution in [3.63, 3.8) is 0 Å². The van der Waals surface area contributed by atoms with Crippen LogP contribution in [-0.2, 0) is 0 Å². The lowest BCUT2D eigenvalue weighted by atomic mass is 9.89. The average Bonchev–Trinajstić information content (AvgIpc) is 2.64. The van der Waals surface area contributed by atoms with Gasteiger partial charge in [-0.3, -0.25) is 0 Å². The third-order valence-corrected chi connectivity index (χ3v) is 5.83. The number of nitrogens with zero attached hydrogens (tertiary/aromatic N) is 1. The normalized spacial score (nSPS) is 19.7. The van der Waals surface area contributed by atoms with Gasteiger partial charge in [-0.1, -0.05) is 50.7 Å². The van der Waals surface area contributed by atoms with E-state index in [9.17, 15) is 0 Å². The van der Waals surface area contributed by atoms with E-state index in [1.807, 2.05) is 24.3 Å². The summed E-state index contributed by atoms with van der Waals surface area (Å²) < 4.78 is 5.48. The second-order valence-electron chi connectivity index (χ2n) is 7.12. The molecule has 24 heavy (non-hydrogen) atoms. The van der Waals surface area contributed by atoms with Gasteiger partial charge in [0.2, 0.25) is 0 Å². The molecular formula is C20H30N2OS. The van der Waals surface area contributed by atoms with Crippen molar-refractivity contribution in [1.29, 1.82) is 0 Å². The van der Waals surface area contributed by atoms with Crippen LogP contribution < -0.4 is 10.1 Å². The summed E-state index contributed by atoms with van der Waals surface area (Å²) in [5.41, 5.74) is 0.974. The maximum absolute atomic E-state index is 5.89. The van der Waals surface area contributed by atoms with Crippen LogP contribution in [0.15, 0.2) is 24.3 Å². The molecule has 2 aliphatic carbocycles. The molecule has 2 fully saturated rings. The number of benzene rings is 1. The molecule has 1 aromatic carbocycles. The Morgan fingerprint density at radius 1 is 0.958 bits per heavy atom. The number of nitrogens with one attached hydrogen (secondary N) is 1. The Kier molecular flexibility index (Phi) is 6.36. The van der Waals surface area contributed by atoms with E-state index in [2.05, 4.69) is 10.2 Å². The fourth-order valence-electron chi connectivity index (χ4n) is 4.28. The molecule has 0 atom stereocenters. The van der Waals surface area contributed by atoms with Gasteiger partial charge in [0.05, 0.1) is 12.8 Å². The van der Waals surface area contributed by atoms with Gasteiger partial charge in [-0.05, 0) is 50.0 Å². The van der Waals surface area contributed by atoms with Crippen molar-refractivity contribution in [3.05, 3.63) is 24.3 Å². The Morgan fingerprint density at radius 2 is 1.50 bits per heavy atom. The Bertz CT molecular complexity index is 518. The van der Waals surface area contributed by atoms with E-state index >= 15 is 0 Å². The summed E-state index contributed by atoms with van der Waals surface area (Å²) in [5, 5.41) is 4.38. The van der Waals surface area contributed by atoms with Crippen molar-refractivity contribution in [1.82, 2.24) is 4.90 Å². The SMILES string of the molecule is COc1ccccc1NC(=S)N(C1CCCCC1)C1CCCCC1. The number of ether oxygens (including phenoxy) is 1. The number of para-hydroxylation sites is 2. The maximum atomic E-state index is 5.89. The van der Waals surface area contributed by atoms with E-state index in [0.717, 1.165) is 16.5 Å². The minimum Gasteiger partial charge on any atom is -0.495 e. The zero-order chi connectivity index (χ0) is 16.8. The van der Waals surface area contributed by atoms with Gasteiger partial charge in [-0.15, -0.1) is 0 Å². The van der Waals surface area contributed by atoms with Crippen LogP contribution in [-0.4, -0.2) is 29.2 Å². The molecule has 3 rings (SSSR count). The summed E-state index contributed by atoms with van der Waals surface area (Å²) in [5.74, 6) is 0.854. The lowest BCUT2D eigenvalue weighted by Crippen LogP contribution is -2.50. The molecule has 0 bridgehead atoms. The van der Waals surface area contributed by atoms with Gasteiger partial charge < -0.3 is 15.0 Å². The van der Waals surface area contributed by atoms with Crippen molar-refractivity contribution in [2.45, 2.75) is 76.3 Å². The molecule has 0 heterocycles. The second-order valence-corrected chi connectivity index (χ2v) is 7.51. The van der Waals surface area contributed by atoms with Crippen LogP contribution in [0.4, 0.5) is 5.69 Å². The average molecular weight is 347 g/mol. The second kappa shape index (κ2) is 8.70. The molecule has 0 spiro atoms. The predicted molar refractivity (Wildman–Crippen MR) is 105 cm³/mol. The predicted octanol–water partition coefficient (Wildman–Crippen LogP) is 5.36. The molecule has 0 unspecified atom stereocenters. The van der Waals surface area contributed by atoms with Gasteiger partial charge in [0, 0.05) is 12.1 Å². The molecule has 2 aliphatic rings.